The third-order valence-electron chi connectivity index (χ3n) is 10.6. The van der Waals surface area contributed by atoms with Gasteiger partial charge in [0.25, 0.3) is 0 Å². The van der Waals surface area contributed by atoms with Crippen molar-refractivity contribution in [3.8, 4) is 41.8 Å². The van der Waals surface area contributed by atoms with Crippen LogP contribution in [0.1, 0.15) is 39.5 Å². The lowest BCUT2D eigenvalue weighted by molar-refractivity contribution is 0.777. The number of hydrogen-bond acceptors (Lipinski definition) is 9. The maximum absolute atomic E-state index is 4.87. The molecule has 5 aromatic carbocycles. The molecule has 0 aliphatic carbocycles. The third-order valence-corrected chi connectivity index (χ3v) is 16.6. The lowest BCUT2D eigenvalue weighted by atomic mass is 10.1. The smallest absolute Gasteiger partial charge is 0.114 e. The second kappa shape index (κ2) is 16.0. The highest BCUT2D eigenvalue weighted by molar-refractivity contribution is 9.10. The molecule has 0 bridgehead atoms. The van der Waals surface area contributed by atoms with E-state index in [0.29, 0.717) is 0 Å². The van der Waals surface area contributed by atoms with E-state index in [4.69, 9.17) is 8.75 Å². The summed E-state index contributed by atoms with van der Waals surface area (Å²) in [5.74, 6) is 0. The van der Waals surface area contributed by atoms with Crippen molar-refractivity contribution in [1.82, 2.24) is 8.75 Å². The Balaban J connectivity index is 0.931. The zero-order chi connectivity index (χ0) is 38.6. The van der Waals surface area contributed by atoms with Crippen LogP contribution >= 0.6 is 89.8 Å². The molecule has 0 spiro atoms. The van der Waals surface area contributed by atoms with Crippen LogP contribution in [0.3, 0.4) is 0 Å². The average molecular weight is 965 g/mol. The van der Waals surface area contributed by atoms with E-state index in [0.717, 1.165) is 57.0 Å². The fourth-order valence-corrected chi connectivity index (χ4v) is 13.7. The van der Waals surface area contributed by atoms with Crippen LogP contribution in [-0.4, -0.2) is 21.8 Å². The third kappa shape index (κ3) is 7.11. The van der Waals surface area contributed by atoms with Gasteiger partial charge in [-0.25, -0.2) is 0 Å². The summed E-state index contributed by atoms with van der Waals surface area (Å²) in [7, 11) is 0. The zero-order valence-corrected chi connectivity index (χ0v) is 38.5. The Hall–Kier alpha value is -3.42. The number of halogens is 2. The second-order valence-corrected chi connectivity index (χ2v) is 20.9. The minimum atomic E-state index is 0.970. The van der Waals surface area contributed by atoms with Crippen LogP contribution in [0.5, 0.6) is 0 Å². The number of aromatic nitrogens is 2. The van der Waals surface area contributed by atoms with E-state index in [-0.39, 0.29) is 0 Å². The fourth-order valence-electron chi connectivity index (χ4n) is 7.68. The van der Waals surface area contributed by atoms with E-state index >= 15 is 0 Å². The van der Waals surface area contributed by atoms with E-state index in [1.54, 1.807) is 0 Å². The number of fused-ring (bicyclic) bond motifs is 5. The van der Waals surface area contributed by atoms with Crippen LogP contribution in [0.2, 0.25) is 0 Å². The molecule has 0 saturated heterocycles. The molecule has 0 unspecified atom stereocenters. The topological polar surface area (TPSA) is 32.3 Å². The normalized spacial score (nSPS) is 13.1. The van der Waals surface area contributed by atoms with Crippen molar-refractivity contribution in [3.63, 3.8) is 0 Å². The average Bonchev–Trinajstić information content (AvgIpc) is 4.03. The van der Waals surface area contributed by atoms with Gasteiger partial charge >= 0.3 is 0 Å². The van der Waals surface area contributed by atoms with Gasteiger partial charge in [-0.2, -0.15) is 8.75 Å². The number of hydrogen-bond donors (Lipinski definition) is 0. The van der Waals surface area contributed by atoms with Gasteiger partial charge in [0.05, 0.1) is 34.5 Å². The number of nitrogens with zero attached hydrogens (tertiary/aromatic N) is 4. The van der Waals surface area contributed by atoms with Crippen LogP contribution in [-0.2, 0) is 0 Å². The molecule has 284 valence electrons. The van der Waals surface area contributed by atoms with Crippen LogP contribution in [0.25, 0.3) is 52.8 Å². The maximum Gasteiger partial charge on any atom is 0.114 e. The van der Waals surface area contributed by atoms with Crippen molar-refractivity contribution in [1.29, 1.82) is 0 Å². The highest BCUT2D eigenvalue weighted by atomic mass is 79.9. The quantitative estimate of drug-likeness (QED) is 0.136. The lowest BCUT2D eigenvalue weighted by Gasteiger charge is -2.33. The van der Waals surface area contributed by atoms with E-state index in [9.17, 15) is 0 Å². The number of rotatable bonds is 10. The molecule has 3 aromatic heterocycles. The number of unbranched alkanes of at least 4 members (excludes halogenated alkanes) is 2. The maximum atomic E-state index is 4.87. The Bertz CT molecular complexity index is 2620. The summed E-state index contributed by atoms with van der Waals surface area (Å²) in [6.07, 6.45) is 4.64. The summed E-state index contributed by atoms with van der Waals surface area (Å²) >= 11 is 16.1. The van der Waals surface area contributed by atoms with Gasteiger partial charge in [-0.1, -0.05) is 106 Å². The molecule has 2 aliphatic rings. The van der Waals surface area contributed by atoms with Gasteiger partial charge in [0.2, 0.25) is 0 Å². The minimum absolute atomic E-state index is 0.970. The number of benzene rings is 5. The van der Waals surface area contributed by atoms with Gasteiger partial charge in [0.15, 0.2) is 0 Å². The Morgan fingerprint density at radius 1 is 0.474 bits per heavy atom. The summed E-state index contributed by atoms with van der Waals surface area (Å²) in [5, 5.41) is 0. The first kappa shape index (κ1) is 37.8. The zero-order valence-electron chi connectivity index (χ0n) is 31.2. The molecule has 2 aliphatic heterocycles. The highest BCUT2D eigenvalue weighted by Crippen LogP contribution is 2.52. The van der Waals surface area contributed by atoms with Gasteiger partial charge < -0.3 is 9.80 Å². The first-order valence-corrected chi connectivity index (χ1v) is 24.8. The summed E-state index contributed by atoms with van der Waals surface area (Å²) in [4.78, 5) is 15.1. The fraction of sp³-hybridized carbons (Fsp3) is 0.174. The molecule has 4 nitrogen and oxygen atoms in total. The molecule has 8 aromatic rings. The number of anilines is 4. The first-order chi connectivity index (χ1) is 27.9. The van der Waals surface area contributed by atoms with Crippen molar-refractivity contribution < 1.29 is 0 Å². The van der Waals surface area contributed by atoms with Crippen LogP contribution in [0.15, 0.2) is 138 Å². The first-order valence-electron chi connectivity index (χ1n) is 19.2. The molecule has 10 rings (SSSR count). The Labute approximate surface area is 371 Å². The molecule has 0 radical (unpaired) electrons. The predicted molar refractivity (Wildman–Crippen MR) is 255 cm³/mol. The van der Waals surface area contributed by atoms with Gasteiger partial charge in [-0.15, -0.1) is 22.7 Å². The standard InChI is InChI=1S/C46H36Br2N4S5/c1-3-5-21-51-33-13-7-27(23-41(33)55-43-25-29(47)9-15-35(43)51)37-17-19-39(53-37)31-11-12-32(46-45(31)49-57-50-46)40-20-18-38(54-40)28-8-14-34-42(24-28)56-44-26-30(48)10-16-36(44)52(34)22-6-4-2/h7-20,23-26H,3-6,21-22H2,1-2H3. The Kier molecular flexibility index (Phi) is 10.6. The predicted octanol–water partition coefficient (Wildman–Crippen LogP) is 16.8. The van der Waals surface area contributed by atoms with Crippen LogP contribution in [0.4, 0.5) is 22.7 Å². The molecule has 57 heavy (non-hydrogen) atoms. The van der Waals surface area contributed by atoms with Crippen molar-refractivity contribution in [3.05, 3.63) is 118 Å². The van der Waals surface area contributed by atoms with E-state index < -0.39 is 0 Å². The summed E-state index contributed by atoms with van der Waals surface area (Å²) in [6, 6.07) is 40.7. The largest absolute Gasteiger partial charge is 0.340 e. The van der Waals surface area contributed by atoms with E-state index in [1.165, 1.54) is 97.5 Å². The van der Waals surface area contributed by atoms with Gasteiger partial charge in [-0.05, 0) is 109 Å². The molecule has 0 saturated carbocycles. The molecule has 5 heterocycles. The molecule has 0 amide bonds. The van der Waals surface area contributed by atoms with Gasteiger partial charge in [0, 0.05) is 72.3 Å². The summed E-state index contributed by atoms with van der Waals surface area (Å²) < 4.78 is 12.0. The molecular formula is C46H36Br2N4S5. The summed E-state index contributed by atoms with van der Waals surface area (Å²) in [5.41, 5.74) is 11.9. The Morgan fingerprint density at radius 2 is 0.877 bits per heavy atom. The molecule has 0 fully saturated rings. The van der Waals surface area contributed by atoms with Gasteiger partial charge in [0.1, 0.15) is 11.0 Å². The highest BCUT2D eigenvalue weighted by Gasteiger charge is 2.26. The number of thiophene rings is 2. The van der Waals surface area contributed by atoms with E-state index in [2.05, 4.69) is 165 Å². The van der Waals surface area contributed by atoms with Gasteiger partial charge in [-0.3, -0.25) is 0 Å². The summed E-state index contributed by atoms with van der Waals surface area (Å²) in [6.45, 7) is 6.55. The monoisotopic (exact) mass is 962 g/mol. The molecule has 0 atom stereocenters. The molecular weight excluding hydrogens is 929 g/mol. The van der Waals surface area contributed by atoms with Crippen molar-refractivity contribution in [2.45, 2.75) is 59.1 Å². The lowest BCUT2D eigenvalue weighted by Crippen LogP contribution is -2.21. The second-order valence-electron chi connectivity index (χ2n) is 14.3. The van der Waals surface area contributed by atoms with Crippen molar-refractivity contribution in [2.75, 3.05) is 22.9 Å². The van der Waals surface area contributed by atoms with Crippen LogP contribution < -0.4 is 9.80 Å². The molecule has 11 heteroatoms. The van der Waals surface area contributed by atoms with Crippen LogP contribution in [0, 0.1) is 0 Å². The minimum Gasteiger partial charge on any atom is -0.340 e. The molecule has 0 N–H and O–H groups in total. The van der Waals surface area contributed by atoms with Crippen molar-refractivity contribution >= 4 is 124 Å². The van der Waals surface area contributed by atoms with E-state index in [1.807, 2.05) is 46.2 Å². The SMILES string of the molecule is CCCCN1c2ccc(Br)cc2Sc2cc(-c3ccc(-c4ccc(-c5ccc(-c6ccc7c(c6)Sc6cc(Br)ccc6N7CCCC)s5)c5nsnc45)s3)ccc21. The van der Waals surface area contributed by atoms with Crippen molar-refractivity contribution in [2.24, 2.45) is 0 Å². The Morgan fingerprint density at radius 3 is 1.32 bits per heavy atom.